The monoisotopic (exact) mass is 445 g/mol. The summed E-state index contributed by atoms with van der Waals surface area (Å²) in [7, 11) is 1.53. The van der Waals surface area contributed by atoms with Gasteiger partial charge in [0.2, 0.25) is 12.7 Å². The van der Waals surface area contributed by atoms with Gasteiger partial charge in [0.15, 0.2) is 5.82 Å². The summed E-state index contributed by atoms with van der Waals surface area (Å²) in [5, 5.41) is 3.43. The molecule has 1 aliphatic carbocycles. The molecule has 1 amide bonds. The van der Waals surface area contributed by atoms with Gasteiger partial charge in [0.1, 0.15) is 12.4 Å². The first-order valence-electron chi connectivity index (χ1n) is 10.7. The molecule has 2 heterocycles. The van der Waals surface area contributed by atoms with Gasteiger partial charge in [-0.3, -0.25) is 4.79 Å². The highest BCUT2D eigenvalue weighted by atomic mass is 19.1. The van der Waals surface area contributed by atoms with Crippen LogP contribution < -0.4 is 10.1 Å². The van der Waals surface area contributed by atoms with E-state index in [1.165, 1.54) is 7.11 Å². The van der Waals surface area contributed by atoms with Crippen molar-refractivity contribution >= 4 is 12.6 Å². The molecule has 0 aromatic carbocycles. The van der Waals surface area contributed by atoms with E-state index >= 15 is 0 Å². The molecule has 0 unspecified atom stereocenters. The molecular weight excluding hydrogens is 413 g/mol. The molecule has 174 valence electrons. The van der Waals surface area contributed by atoms with Crippen molar-refractivity contribution in [2.75, 3.05) is 20.5 Å². The lowest BCUT2D eigenvalue weighted by molar-refractivity contribution is -0.127. The van der Waals surface area contributed by atoms with Crippen LogP contribution >= 0.6 is 0 Å². The van der Waals surface area contributed by atoms with Crippen LogP contribution in [0.4, 0.5) is 4.39 Å². The number of aliphatic imine (C=N–C) groups is 1. The second-order valence-corrected chi connectivity index (χ2v) is 8.73. The molecule has 0 atom stereocenters. The zero-order valence-electron chi connectivity index (χ0n) is 19.5. The predicted molar refractivity (Wildman–Crippen MR) is 120 cm³/mol. The van der Waals surface area contributed by atoms with E-state index in [0.717, 1.165) is 29.6 Å². The molecule has 1 aliphatic heterocycles. The van der Waals surface area contributed by atoms with E-state index in [9.17, 15) is 9.18 Å². The molecule has 32 heavy (non-hydrogen) atoms. The Morgan fingerprint density at radius 2 is 2.03 bits per heavy atom. The van der Waals surface area contributed by atoms with Gasteiger partial charge < -0.3 is 19.7 Å². The van der Waals surface area contributed by atoms with Crippen LogP contribution in [0.3, 0.4) is 0 Å². The van der Waals surface area contributed by atoms with Gasteiger partial charge in [0.25, 0.3) is 5.91 Å². The molecule has 1 fully saturated rings. The molecule has 2 aliphatic rings. The molecule has 3 rings (SSSR count). The Morgan fingerprint density at radius 3 is 2.59 bits per heavy atom. The van der Waals surface area contributed by atoms with Crippen LogP contribution in [0, 0.1) is 0 Å². The first-order chi connectivity index (χ1) is 15.2. The minimum atomic E-state index is -0.978. The number of halogens is 1. The number of nitrogens with one attached hydrogen (secondary N) is 1. The largest absolute Gasteiger partial charge is 0.446 e. The van der Waals surface area contributed by atoms with Crippen LogP contribution in [-0.4, -0.2) is 53.5 Å². The van der Waals surface area contributed by atoms with Crippen molar-refractivity contribution < 1.29 is 18.7 Å². The summed E-state index contributed by atoms with van der Waals surface area (Å²) < 4.78 is 23.1. The summed E-state index contributed by atoms with van der Waals surface area (Å²) in [6.07, 6.45) is 2.60. The molecular formula is C23H32FN5O3. The van der Waals surface area contributed by atoms with Gasteiger partial charge in [-0.15, -0.1) is 0 Å². The van der Waals surface area contributed by atoms with E-state index in [2.05, 4.69) is 33.9 Å². The third kappa shape index (κ3) is 5.15. The smallest absolute Gasteiger partial charge is 0.254 e. The van der Waals surface area contributed by atoms with Crippen molar-refractivity contribution in [3.05, 3.63) is 39.6 Å². The number of alkyl halides is 1. The fourth-order valence-corrected chi connectivity index (χ4v) is 3.86. The summed E-state index contributed by atoms with van der Waals surface area (Å²) in [5.74, 6) is 1.14. The van der Waals surface area contributed by atoms with E-state index in [4.69, 9.17) is 9.47 Å². The average Bonchev–Trinajstić information content (AvgIpc) is 3.48. The SMILES string of the molecule is C=N/C(NC1(C)CC1)=C(\C)C(C(=O)N1CCc2c(nc(COC)nc2OCF)C1)=C(C)C. The molecule has 1 N–H and O–H groups in total. The van der Waals surface area contributed by atoms with Crippen LogP contribution in [0.25, 0.3) is 0 Å². The highest BCUT2D eigenvalue weighted by molar-refractivity contribution is 5.98. The summed E-state index contributed by atoms with van der Waals surface area (Å²) in [6, 6.07) is 0. The average molecular weight is 446 g/mol. The van der Waals surface area contributed by atoms with Crippen molar-refractivity contribution in [1.29, 1.82) is 0 Å². The van der Waals surface area contributed by atoms with Gasteiger partial charge in [-0.1, -0.05) is 5.57 Å². The number of allylic oxidation sites excluding steroid dienone is 1. The quantitative estimate of drug-likeness (QED) is 0.357. The summed E-state index contributed by atoms with van der Waals surface area (Å²) in [6.45, 7) is 11.5. The lowest BCUT2D eigenvalue weighted by atomic mass is 9.98. The number of amides is 1. The highest BCUT2D eigenvalue weighted by Gasteiger charge is 2.38. The molecule has 0 bridgehead atoms. The number of aromatic nitrogens is 2. The summed E-state index contributed by atoms with van der Waals surface area (Å²) >= 11 is 0. The Kier molecular flexibility index (Phi) is 7.28. The van der Waals surface area contributed by atoms with Crippen LogP contribution in [0.15, 0.2) is 27.5 Å². The Hall–Kier alpha value is -2.81. The Morgan fingerprint density at radius 1 is 1.31 bits per heavy atom. The number of carbonyl (C=O) groups is 1. The zero-order valence-corrected chi connectivity index (χ0v) is 19.5. The molecule has 0 radical (unpaired) electrons. The first kappa shape index (κ1) is 23.8. The molecule has 9 heteroatoms. The van der Waals surface area contributed by atoms with Gasteiger partial charge in [-0.2, -0.15) is 4.98 Å². The highest BCUT2D eigenvalue weighted by Crippen LogP contribution is 2.36. The topological polar surface area (TPSA) is 88.9 Å². The van der Waals surface area contributed by atoms with Gasteiger partial charge >= 0.3 is 0 Å². The molecule has 1 saturated carbocycles. The van der Waals surface area contributed by atoms with Crippen LogP contribution in [0.2, 0.25) is 0 Å². The summed E-state index contributed by atoms with van der Waals surface area (Å²) in [4.78, 5) is 28.3. The normalized spacial score (nSPS) is 17.1. The number of fused-ring (bicyclic) bond motifs is 1. The van der Waals surface area contributed by atoms with Gasteiger partial charge in [-0.25, -0.2) is 14.4 Å². The molecule has 0 saturated heterocycles. The van der Waals surface area contributed by atoms with E-state index in [0.29, 0.717) is 35.9 Å². The summed E-state index contributed by atoms with van der Waals surface area (Å²) in [5.41, 5.74) is 3.67. The van der Waals surface area contributed by atoms with Gasteiger partial charge in [0.05, 0.1) is 12.2 Å². The maximum absolute atomic E-state index is 13.6. The number of carbonyl (C=O) groups excluding carboxylic acids is 1. The van der Waals surface area contributed by atoms with Crippen LogP contribution in [0.5, 0.6) is 5.88 Å². The molecule has 8 nitrogen and oxygen atoms in total. The van der Waals surface area contributed by atoms with Gasteiger partial charge in [0, 0.05) is 35.9 Å². The predicted octanol–water partition coefficient (Wildman–Crippen LogP) is 3.22. The zero-order chi connectivity index (χ0) is 23.5. The second-order valence-electron chi connectivity index (χ2n) is 8.73. The van der Waals surface area contributed by atoms with Crippen LogP contribution in [0.1, 0.15) is 57.6 Å². The Bertz CT molecular complexity index is 965. The molecule has 1 aromatic rings. The number of rotatable bonds is 9. The van der Waals surface area contributed by atoms with Crippen LogP contribution in [-0.2, 0) is 29.1 Å². The number of nitrogens with zero attached hydrogens (tertiary/aromatic N) is 4. The van der Waals surface area contributed by atoms with E-state index in [1.807, 2.05) is 20.8 Å². The minimum Gasteiger partial charge on any atom is -0.446 e. The lowest BCUT2D eigenvalue weighted by Crippen LogP contribution is -2.39. The number of hydrogen-bond acceptors (Lipinski definition) is 7. The van der Waals surface area contributed by atoms with E-state index < -0.39 is 6.86 Å². The fourth-order valence-electron chi connectivity index (χ4n) is 3.86. The minimum absolute atomic E-state index is 0.0130. The Labute approximate surface area is 188 Å². The fraction of sp³-hybridized carbons (Fsp3) is 0.565. The third-order valence-electron chi connectivity index (χ3n) is 5.85. The van der Waals surface area contributed by atoms with E-state index in [1.54, 1.807) is 4.90 Å². The number of hydrogen-bond donors (Lipinski definition) is 1. The maximum Gasteiger partial charge on any atom is 0.254 e. The Balaban J connectivity index is 1.90. The first-order valence-corrected chi connectivity index (χ1v) is 10.7. The number of ether oxygens (including phenoxy) is 2. The maximum atomic E-state index is 13.6. The van der Waals surface area contributed by atoms with Crippen molar-refractivity contribution in [2.45, 2.75) is 65.6 Å². The van der Waals surface area contributed by atoms with Crippen molar-refractivity contribution in [3.8, 4) is 5.88 Å². The molecule has 0 spiro atoms. The second kappa shape index (κ2) is 9.77. The van der Waals surface area contributed by atoms with Crippen molar-refractivity contribution in [2.24, 2.45) is 4.99 Å². The lowest BCUT2D eigenvalue weighted by Gasteiger charge is -2.30. The number of methoxy groups -OCH3 is 1. The van der Waals surface area contributed by atoms with Gasteiger partial charge in [-0.05, 0) is 53.7 Å². The van der Waals surface area contributed by atoms with E-state index in [-0.39, 0.29) is 30.5 Å². The molecule has 1 aromatic heterocycles. The third-order valence-corrected chi connectivity index (χ3v) is 5.85. The van der Waals surface area contributed by atoms with Crippen molar-refractivity contribution in [3.63, 3.8) is 0 Å². The standard InChI is InChI=1S/C23H32FN5O3/c1-14(2)19(15(3)20(25-5)28-23(4)8-9-23)22(30)29-10-7-16-17(11-29)26-18(12-31-6)27-21(16)32-13-24/h28H,5,7-13H2,1-4,6H3/b20-15-. The van der Waals surface area contributed by atoms with Crippen molar-refractivity contribution in [1.82, 2.24) is 20.2 Å².